The van der Waals surface area contributed by atoms with Crippen LogP contribution in [0.2, 0.25) is 0 Å². The van der Waals surface area contributed by atoms with E-state index >= 15 is 0 Å². The molecule has 4 nitrogen and oxygen atoms in total. The fourth-order valence-electron chi connectivity index (χ4n) is 3.87. The number of piperidine rings is 1. The zero-order valence-electron chi connectivity index (χ0n) is 13.3. The molecule has 0 aromatic heterocycles. The van der Waals surface area contributed by atoms with Crippen LogP contribution in [0.15, 0.2) is 30.3 Å². The number of carbonyl (C=O) groups is 1. The highest BCUT2D eigenvalue weighted by Crippen LogP contribution is 2.36. The summed E-state index contributed by atoms with van der Waals surface area (Å²) in [6.45, 7) is 0.747. The number of aryl methyl sites for hydroxylation is 1. The zero-order chi connectivity index (χ0) is 15.4. The summed E-state index contributed by atoms with van der Waals surface area (Å²) in [7, 11) is 1.78. The van der Waals surface area contributed by atoms with Crippen molar-refractivity contribution >= 4 is 6.03 Å². The van der Waals surface area contributed by atoms with Crippen molar-refractivity contribution in [1.29, 1.82) is 0 Å². The molecule has 0 spiro atoms. The highest BCUT2D eigenvalue weighted by Gasteiger charge is 2.43. The van der Waals surface area contributed by atoms with Gasteiger partial charge in [-0.15, -0.1) is 0 Å². The van der Waals surface area contributed by atoms with Gasteiger partial charge in [-0.1, -0.05) is 30.3 Å². The van der Waals surface area contributed by atoms with E-state index in [0.29, 0.717) is 18.2 Å². The molecule has 2 saturated heterocycles. The van der Waals surface area contributed by atoms with Crippen molar-refractivity contribution in [1.82, 2.24) is 10.2 Å². The summed E-state index contributed by atoms with van der Waals surface area (Å²) < 4.78 is 5.49. The minimum absolute atomic E-state index is 0.120. The Labute approximate surface area is 132 Å². The maximum atomic E-state index is 12.4. The lowest BCUT2D eigenvalue weighted by Crippen LogP contribution is -2.52. The Hall–Kier alpha value is -1.55. The van der Waals surface area contributed by atoms with Crippen LogP contribution in [0.3, 0.4) is 0 Å². The number of methoxy groups -OCH3 is 1. The predicted octanol–water partition coefficient (Wildman–Crippen LogP) is 2.97. The minimum Gasteiger partial charge on any atom is -0.381 e. The van der Waals surface area contributed by atoms with Gasteiger partial charge in [-0.2, -0.15) is 0 Å². The summed E-state index contributed by atoms with van der Waals surface area (Å²) in [6.07, 6.45) is 6.57. The molecule has 2 unspecified atom stereocenters. The molecule has 0 aliphatic carbocycles. The molecule has 22 heavy (non-hydrogen) atoms. The van der Waals surface area contributed by atoms with Crippen molar-refractivity contribution in [2.45, 2.75) is 56.7 Å². The fraction of sp³-hybridized carbons (Fsp3) is 0.611. The number of benzene rings is 1. The Morgan fingerprint density at radius 3 is 2.55 bits per heavy atom. The first-order chi connectivity index (χ1) is 10.8. The summed E-state index contributed by atoms with van der Waals surface area (Å²) >= 11 is 0. The average molecular weight is 302 g/mol. The second kappa shape index (κ2) is 7.14. The van der Waals surface area contributed by atoms with Crippen molar-refractivity contribution in [3.63, 3.8) is 0 Å². The second-order valence-corrected chi connectivity index (χ2v) is 6.44. The number of nitrogens with one attached hydrogen (secondary N) is 1. The first kappa shape index (κ1) is 15.3. The Kier molecular flexibility index (Phi) is 4.98. The fourth-order valence-corrected chi connectivity index (χ4v) is 3.87. The maximum absolute atomic E-state index is 12.4. The van der Waals surface area contributed by atoms with Crippen molar-refractivity contribution < 1.29 is 9.53 Å². The largest absolute Gasteiger partial charge is 0.381 e. The van der Waals surface area contributed by atoms with Gasteiger partial charge in [0.15, 0.2) is 0 Å². The van der Waals surface area contributed by atoms with Gasteiger partial charge in [0.25, 0.3) is 0 Å². The molecular formula is C18H26N2O2. The molecule has 2 aliphatic rings. The zero-order valence-corrected chi connectivity index (χ0v) is 13.3. The molecule has 1 aromatic carbocycles. The standard InChI is InChI=1S/C18H26N2O2/c1-22-17-12-15-9-10-16(13-17)20(15)18(21)19-11-5-8-14-6-3-2-4-7-14/h2-4,6-7,15-17H,5,8-13H2,1H3,(H,19,21). The normalized spacial score (nSPS) is 27.0. The number of rotatable bonds is 5. The molecular weight excluding hydrogens is 276 g/mol. The Morgan fingerprint density at radius 2 is 1.91 bits per heavy atom. The first-order valence-corrected chi connectivity index (χ1v) is 8.41. The maximum Gasteiger partial charge on any atom is 0.317 e. The highest BCUT2D eigenvalue weighted by atomic mass is 16.5. The minimum atomic E-state index is 0.120. The average Bonchev–Trinajstić information content (AvgIpc) is 2.82. The van der Waals surface area contributed by atoms with Gasteiger partial charge in [0, 0.05) is 25.7 Å². The number of ether oxygens (including phenoxy) is 1. The summed E-state index contributed by atoms with van der Waals surface area (Å²) in [6, 6.07) is 11.3. The molecule has 2 bridgehead atoms. The third kappa shape index (κ3) is 3.43. The highest BCUT2D eigenvalue weighted by molar-refractivity contribution is 5.75. The molecule has 2 heterocycles. The van der Waals surface area contributed by atoms with Crippen LogP contribution < -0.4 is 5.32 Å². The Balaban J connectivity index is 1.43. The van der Waals surface area contributed by atoms with Gasteiger partial charge in [-0.05, 0) is 44.1 Å². The number of hydrogen-bond donors (Lipinski definition) is 1. The van der Waals surface area contributed by atoms with Crippen molar-refractivity contribution in [3.8, 4) is 0 Å². The Bertz CT molecular complexity index is 477. The summed E-state index contributed by atoms with van der Waals surface area (Å²) in [4.78, 5) is 14.5. The van der Waals surface area contributed by atoms with Gasteiger partial charge in [-0.25, -0.2) is 4.79 Å². The molecule has 2 fully saturated rings. The number of amides is 2. The van der Waals surface area contributed by atoms with Crippen LogP contribution >= 0.6 is 0 Å². The molecule has 120 valence electrons. The van der Waals surface area contributed by atoms with Crippen LogP contribution in [0.4, 0.5) is 4.79 Å². The predicted molar refractivity (Wildman–Crippen MR) is 86.8 cm³/mol. The smallest absolute Gasteiger partial charge is 0.317 e. The van der Waals surface area contributed by atoms with Crippen molar-refractivity contribution in [2.24, 2.45) is 0 Å². The lowest BCUT2D eigenvalue weighted by Gasteiger charge is -2.38. The van der Waals surface area contributed by atoms with E-state index in [-0.39, 0.29) is 6.03 Å². The van der Waals surface area contributed by atoms with E-state index in [2.05, 4.69) is 34.5 Å². The molecule has 1 aromatic rings. The molecule has 3 rings (SSSR count). The molecule has 1 N–H and O–H groups in total. The Morgan fingerprint density at radius 1 is 1.23 bits per heavy atom. The van der Waals surface area contributed by atoms with E-state index < -0.39 is 0 Å². The van der Waals surface area contributed by atoms with Crippen LogP contribution in [0.25, 0.3) is 0 Å². The quantitative estimate of drug-likeness (QED) is 0.850. The number of nitrogens with zero attached hydrogens (tertiary/aromatic N) is 1. The summed E-state index contributed by atoms with van der Waals surface area (Å²) in [5.41, 5.74) is 1.33. The van der Waals surface area contributed by atoms with Crippen molar-refractivity contribution in [3.05, 3.63) is 35.9 Å². The summed E-state index contributed by atoms with van der Waals surface area (Å²) in [5, 5.41) is 3.10. The third-order valence-electron chi connectivity index (χ3n) is 5.02. The van der Waals surface area contributed by atoms with Gasteiger partial charge in [0.1, 0.15) is 0 Å². The lowest BCUT2D eigenvalue weighted by molar-refractivity contribution is 0.0209. The number of carbonyl (C=O) groups excluding carboxylic acids is 1. The van der Waals surface area contributed by atoms with E-state index in [0.717, 1.165) is 45.1 Å². The van der Waals surface area contributed by atoms with Crippen LogP contribution in [-0.2, 0) is 11.2 Å². The van der Waals surface area contributed by atoms with Gasteiger partial charge in [-0.3, -0.25) is 0 Å². The molecule has 2 atom stereocenters. The van der Waals surface area contributed by atoms with Crippen LogP contribution in [0, 0.1) is 0 Å². The number of fused-ring (bicyclic) bond motifs is 2. The molecule has 0 saturated carbocycles. The molecule has 4 heteroatoms. The lowest BCUT2D eigenvalue weighted by atomic mass is 10.0. The van der Waals surface area contributed by atoms with Crippen LogP contribution in [0.5, 0.6) is 0 Å². The topological polar surface area (TPSA) is 41.6 Å². The first-order valence-electron chi connectivity index (χ1n) is 8.41. The van der Waals surface area contributed by atoms with E-state index in [1.54, 1.807) is 7.11 Å². The van der Waals surface area contributed by atoms with Gasteiger partial charge < -0.3 is 15.0 Å². The van der Waals surface area contributed by atoms with Gasteiger partial charge in [0.05, 0.1) is 6.10 Å². The molecule has 2 aliphatic heterocycles. The molecule has 2 amide bonds. The monoisotopic (exact) mass is 302 g/mol. The summed E-state index contributed by atoms with van der Waals surface area (Å²) in [5.74, 6) is 0. The van der Waals surface area contributed by atoms with Crippen LogP contribution in [0.1, 0.15) is 37.7 Å². The van der Waals surface area contributed by atoms with E-state index in [9.17, 15) is 4.79 Å². The van der Waals surface area contributed by atoms with Crippen molar-refractivity contribution in [2.75, 3.05) is 13.7 Å². The van der Waals surface area contributed by atoms with E-state index in [4.69, 9.17) is 4.74 Å². The second-order valence-electron chi connectivity index (χ2n) is 6.44. The number of hydrogen-bond acceptors (Lipinski definition) is 2. The molecule has 0 radical (unpaired) electrons. The van der Waals surface area contributed by atoms with Gasteiger partial charge in [0.2, 0.25) is 0 Å². The van der Waals surface area contributed by atoms with Crippen LogP contribution in [-0.4, -0.2) is 42.8 Å². The van der Waals surface area contributed by atoms with E-state index in [1.807, 2.05) is 6.07 Å². The van der Waals surface area contributed by atoms with Gasteiger partial charge >= 0.3 is 6.03 Å². The number of urea groups is 1. The SMILES string of the molecule is COC1CC2CCC(C1)N2C(=O)NCCCc1ccccc1. The van der Waals surface area contributed by atoms with E-state index in [1.165, 1.54) is 5.56 Å². The third-order valence-corrected chi connectivity index (χ3v) is 5.02.